The normalized spacial score (nSPS) is 19.2. The lowest BCUT2D eigenvalue weighted by Crippen LogP contribution is -2.52. The van der Waals surface area contributed by atoms with Gasteiger partial charge in [-0.2, -0.15) is 0 Å². The summed E-state index contributed by atoms with van der Waals surface area (Å²) in [5, 5.41) is 55.1. The molecule has 25 nitrogen and oxygen atoms in total. The number of hydrogen-bond acceptors (Lipinski definition) is 24. The summed E-state index contributed by atoms with van der Waals surface area (Å²) < 4.78 is 5.63. The summed E-state index contributed by atoms with van der Waals surface area (Å²) in [4.78, 5) is 140. The molecule has 12 bridgehead atoms. The summed E-state index contributed by atoms with van der Waals surface area (Å²) >= 11 is 5.73. The third-order valence-electron chi connectivity index (χ3n) is 12.6. The highest BCUT2D eigenvalue weighted by Crippen LogP contribution is 2.42. The molecular formula is C51H43N13O12S6. The zero-order chi connectivity index (χ0) is 58.3. The van der Waals surface area contributed by atoms with Gasteiger partial charge in [0.2, 0.25) is 11.0 Å². The number of aryl methyl sites for hydroxylation is 1. The SMILES string of the molecule is C=C(NC(=O)c1csc(-c2nc3c(cc2O)-c2nc(cs2)C(=O)N[C@@H]([C@@H](C)O)C(=O)N/C(=C/C)c2nc(cs2)C(=O)N[C@H]2C[C@H](O)C(=O)OCc4cccc5[nH]c(c(C)c45)C(=O)SC[C@H](NC(=O)c4csc2n4)c2nc-3cs2)n1)C(N)=O. The molecule has 0 saturated heterocycles. The molecule has 2 aliphatic heterocycles. The number of aliphatic hydroxyl groups is 2. The summed E-state index contributed by atoms with van der Waals surface area (Å²) in [5.74, 6) is -6.66. The van der Waals surface area contributed by atoms with Crippen molar-refractivity contribution in [2.24, 2.45) is 5.73 Å². The number of fused-ring (bicyclic) bond motifs is 13. The number of cyclic esters (lactones) is 1. The molecule has 1 aromatic carbocycles. The van der Waals surface area contributed by atoms with Gasteiger partial charge in [0.15, 0.2) is 6.10 Å². The minimum absolute atomic E-state index is 0.0405. The number of H-pyrrole nitrogens is 1. The molecule has 0 spiro atoms. The van der Waals surface area contributed by atoms with Crippen LogP contribution in [0.3, 0.4) is 0 Å². The number of pyridine rings is 1. The molecule has 11 N–H and O–H groups in total. The van der Waals surface area contributed by atoms with Crippen molar-refractivity contribution in [3.63, 3.8) is 0 Å². The zero-order valence-electron chi connectivity index (χ0n) is 42.7. The number of nitrogens with zero attached hydrogens (tertiary/aromatic N) is 6. The number of aromatic nitrogens is 7. The number of carbonyl (C=O) groups excluding carboxylic acids is 8. The molecule has 0 radical (unpaired) electrons. The van der Waals surface area contributed by atoms with E-state index in [9.17, 15) is 53.7 Å². The topological polar surface area (TPSA) is 386 Å². The zero-order valence-corrected chi connectivity index (χ0v) is 47.6. The van der Waals surface area contributed by atoms with E-state index >= 15 is 0 Å². The van der Waals surface area contributed by atoms with Gasteiger partial charge in [-0.3, -0.25) is 33.6 Å². The number of nitrogens with one attached hydrogen (secondary N) is 6. The Morgan fingerprint density at radius 2 is 1.45 bits per heavy atom. The van der Waals surface area contributed by atoms with E-state index in [1.807, 2.05) is 0 Å². The van der Waals surface area contributed by atoms with E-state index < -0.39 is 89.0 Å². The highest BCUT2D eigenvalue weighted by atomic mass is 32.2. The molecule has 420 valence electrons. The molecule has 5 atom stereocenters. The number of benzene rings is 1. The molecule has 2 aliphatic rings. The highest BCUT2D eigenvalue weighted by Gasteiger charge is 2.33. The van der Waals surface area contributed by atoms with Crippen molar-refractivity contribution >= 4 is 132 Å². The Labute approximate surface area is 486 Å². The second kappa shape index (κ2) is 23.6. The minimum atomic E-state index is -1.84. The number of amides is 6. The lowest BCUT2D eigenvalue weighted by Gasteiger charge is -2.21. The van der Waals surface area contributed by atoms with Crippen LogP contribution in [0.25, 0.3) is 49.3 Å². The van der Waals surface area contributed by atoms with Gasteiger partial charge in [-0.25, -0.2) is 34.7 Å². The van der Waals surface area contributed by atoms with Crippen molar-refractivity contribution in [1.82, 2.24) is 61.5 Å². The number of thiazole rings is 5. The van der Waals surface area contributed by atoms with E-state index in [1.54, 1.807) is 37.4 Å². The first kappa shape index (κ1) is 56.8. The number of aromatic amines is 1. The lowest BCUT2D eigenvalue weighted by molar-refractivity contribution is -0.155. The van der Waals surface area contributed by atoms with Gasteiger partial charge in [0.25, 0.3) is 29.5 Å². The van der Waals surface area contributed by atoms with E-state index in [-0.39, 0.29) is 99.9 Å². The number of rotatable bonds is 5. The predicted octanol–water partition coefficient (Wildman–Crippen LogP) is 4.88. The van der Waals surface area contributed by atoms with Crippen molar-refractivity contribution in [3.05, 3.63) is 124 Å². The smallest absolute Gasteiger partial charge is 0.335 e. The second-order valence-electron chi connectivity index (χ2n) is 18.2. The van der Waals surface area contributed by atoms with Crippen LogP contribution in [0.2, 0.25) is 0 Å². The quantitative estimate of drug-likeness (QED) is 0.0810. The fraction of sp³-hybridized carbons (Fsp3) is 0.216. The fourth-order valence-corrected chi connectivity index (χ4v) is 13.6. The number of nitrogens with two attached hydrogens (primary N) is 1. The number of hydrogen-bond donors (Lipinski definition) is 10. The summed E-state index contributed by atoms with van der Waals surface area (Å²) in [6, 6.07) is 2.64. The average Bonchev–Trinajstić information content (AvgIpc) is 4.37. The van der Waals surface area contributed by atoms with Crippen molar-refractivity contribution in [2.45, 2.75) is 64.1 Å². The van der Waals surface area contributed by atoms with E-state index in [0.717, 1.165) is 68.4 Å². The maximum Gasteiger partial charge on any atom is 0.335 e. The van der Waals surface area contributed by atoms with Crippen LogP contribution in [-0.2, 0) is 25.7 Å². The number of thioether (sulfide) groups is 1. The van der Waals surface area contributed by atoms with Crippen LogP contribution < -0.4 is 32.3 Å². The van der Waals surface area contributed by atoms with E-state index in [2.05, 4.69) is 58.1 Å². The lowest BCUT2D eigenvalue weighted by atomic mass is 10.1. The van der Waals surface area contributed by atoms with Crippen molar-refractivity contribution in [3.8, 4) is 38.4 Å². The van der Waals surface area contributed by atoms with Gasteiger partial charge >= 0.3 is 5.97 Å². The third-order valence-corrected chi connectivity index (χ3v) is 18.1. The summed E-state index contributed by atoms with van der Waals surface area (Å²) in [6.45, 7) is 7.74. The Morgan fingerprint density at radius 3 is 2.17 bits per heavy atom. The van der Waals surface area contributed by atoms with Gasteiger partial charge in [-0.1, -0.05) is 36.5 Å². The number of ether oxygens (including phenoxy) is 1. The Balaban J connectivity index is 1.11. The van der Waals surface area contributed by atoms with Crippen LogP contribution in [0.15, 0.2) is 69.5 Å². The first-order valence-electron chi connectivity index (χ1n) is 24.3. The Kier molecular flexibility index (Phi) is 16.3. The van der Waals surface area contributed by atoms with Crippen molar-refractivity contribution in [1.29, 1.82) is 0 Å². The number of carbonyl (C=O) groups is 8. The van der Waals surface area contributed by atoms with E-state index in [1.165, 1.54) is 40.6 Å². The summed E-state index contributed by atoms with van der Waals surface area (Å²) in [7, 11) is 0. The average molecular weight is 1220 g/mol. The van der Waals surface area contributed by atoms with Gasteiger partial charge in [-0.15, -0.1) is 56.7 Å². The number of primary amides is 1. The van der Waals surface area contributed by atoms with E-state index in [0.29, 0.717) is 22.0 Å². The first-order valence-corrected chi connectivity index (χ1v) is 29.7. The summed E-state index contributed by atoms with van der Waals surface area (Å²) in [5.41, 5.74) is 6.39. The van der Waals surface area contributed by atoms with Gasteiger partial charge < -0.3 is 57.4 Å². The molecule has 9 heterocycles. The number of aromatic hydroxyl groups is 1. The van der Waals surface area contributed by atoms with Crippen LogP contribution >= 0.6 is 68.4 Å². The number of aliphatic hydroxyl groups excluding tert-OH is 2. The Morgan fingerprint density at radius 1 is 0.817 bits per heavy atom. The van der Waals surface area contributed by atoms with Crippen LogP contribution in [-0.4, -0.2) is 121 Å². The van der Waals surface area contributed by atoms with Crippen molar-refractivity contribution < 1.29 is 58.4 Å². The van der Waals surface area contributed by atoms with Crippen LogP contribution in [0.5, 0.6) is 5.75 Å². The molecule has 0 fully saturated rings. The largest absolute Gasteiger partial charge is 0.506 e. The predicted molar refractivity (Wildman–Crippen MR) is 305 cm³/mol. The Bertz CT molecular complexity index is 3990. The second-order valence-corrected chi connectivity index (χ2v) is 23.5. The monoisotopic (exact) mass is 1220 g/mol. The Hall–Kier alpha value is -8.43. The molecule has 8 aromatic rings. The maximum atomic E-state index is 14.5. The minimum Gasteiger partial charge on any atom is -0.506 e. The van der Waals surface area contributed by atoms with Crippen LogP contribution in [0.4, 0.5) is 0 Å². The first-order chi connectivity index (χ1) is 39.2. The number of esters is 1. The molecule has 31 heteroatoms. The molecular weight excluding hydrogens is 1180 g/mol. The van der Waals surface area contributed by atoms with Crippen molar-refractivity contribution in [2.75, 3.05) is 5.75 Å². The molecule has 10 rings (SSSR count). The number of allylic oxidation sites excluding steroid dienone is 1. The maximum absolute atomic E-state index is 14.5. The van der Waals surface area contributed by atoms with Gasteiger partial charge in [0.1, 0.15) is 83.3 Å². The van der Waals surface area contributed by atoms with Crippen LogP contribution in [0.1, 0.15) is 111 Å². The fourth-order valence-electron chi connectivity index (χ4n) is 8.44. The van der Waals surface area contributed by atoms with E-state index in [4.69, 9.17) is 20.4 Å². The molecule has 82 heavy (non-hydrogen) atoms. The molecule has 6 amide bonds. The summed E-state index contributed by atoms with van der Waals surface area (Å²) in [6.07, 6.45) is -2.29. The van der Waals surface area contributed by atoms with Crippen LogP contribution in [0, 0.1) is 6.92 Å². The van der Waals surface area contributed by atoms with Gasteiger partial charge in [0, 0.05) is 55.5 Å². The third kappa shape index (κ3) is 11.7. The molecule has 0 unspecified atom stereocenters. The molecule has 0 aliphatic carbocycles. The molecule has 7 aromatic heterocycles. The molecule has 0 saturated carbocycles. The van der Waals surface area contributed by atoms with Gasteiger partial charge in [0.05, 0.1) is 35.3 Å². The highest BCUT2D eigenvalue weighted by molar-refractivity contribution is 8.14. The standard InChI is InChI=1S/C51H43N13O12S6/c1-5-23-46-60-28(14-79-46)41(70)56-25-10-33(67)50(74)76-11-21-7-6-8-24-34(21)18(2)35(54-24)51(75)82-17-31(57-42(71)29-15-80-47(25)61-29)48-58-26(12-78-48)37-22(45-59-30(13-77-45)43(72)64-36(20(4)65)44(73)55-23)9-32(66)38(63-37)49-62-27(16-81-49)40(69)53-19(3)39(52)68/h5-9,12-16,20,25,31,33,36,54,65-67H,3,10-11,17H2,1-2,4H3,(H2,52,68)(H,53,69)(H,55,73)(H,56,70)(H,57,71)(H,64,72)/b23-5+/t20-,25+,31+,33+,36+/m1/s1. The van der Waals surface area contributed by atoms with Gasteiger partial charge in [-0.05, 0) is 44.0 Å².